The number of Topliss-reactive ketones (excluding diaryl/α,β-unsaturated/α-hetero) is 1. The molecular formula is C31H24N2O2. The quantitative estimate of drug-likeness (QED) is 0.578. The lowest BCUT2D eigenvalue weighted by atomic mass is 9.72. The molecule has 5 aliphatic rings. The monoisotopic (exact) mass is 456 g/mol. The van der Waals surface area contributed by atoms with Crippen LogP contribution in [0.1, 0.15) is 45.5 Å². The second-order valence-electron chi connectivity index (χ2n) is 9.17. The minimum absolute atomic E-state index is 0.0448. The molecular weight excluding hydrogens is 432 g/mol. The number of aliphatic imine (C=N–C) groups is 2. The fourth-order valence-electron chi connectivity index (χ4n) is 5.37. The summed E-state index contributed by atoms with van der Waals surface area (Å²) in [7, 11) is 0. The summed E-state index contributed by atoms with van der Waals surface area (Å²) in [5, 5.41) is 0. The number of hydrogen-bond acceptors (Lipinski definition) is 4. The van der Waals surface area contributed by atoms with Crippen molar-refractivity contribution in [3.05, 3.63) is 124 Å². The van der Waals surface area contributed by atoms with Crippen LogP contribution in [0.5, 0.6) is 0 Å². The van der Waals surface area contributed by atoms with Crippen molar-refractivity contribution >= 4 is 29.1 Å². The Labute approximate surface area is 204 Å². The summed E-state index contributed by atoms with van der Waals surface area (Å²) >= 11 is 0. The van der Waals surface area contributed by atoms with E-state index in [0.29, 0.717) is 17.6 Å². The average Bonchev–Trinajstić information content (AvgIpc) is 3.53. The first-order chi connectivity index (χ1) is 17.2. The molecule has 0 amide bonds. The third-order valence-corrected chi connectivity index (χ3v) is 7.05. The zero-order valence-corrected chi connectivity index (χ0v) is 19.3. The fraction of sp³-hybridized carbons (Fsp3) is 0.161. The normalized spacial score (nSPS) is 18.7. The highest BCUT2D eigenvalue weighted by Crippen LogP contribution is 2.42. The van der Waals surface area contributed by atoms with E-state index in [2.05, 4.69) is 22.1 Å². The number of benzene rings is 2. The maximum Gasteiger partial charge on any atom is 0.191 e. The molecule has 7 rings (SSSR count). The first-order valence-corrected chi connectivity index (χ1v) is 12.1. The maximum atomic E-state index is 13.6. The lowest BCUT2D eigenvalue weighted by Crippen LogP contribution is -2.25. The lowest BCUT2D eigenvalue weighted by molar-refractivity contribution is -0.111. The molecule has 4 heteroatoms. The van der Waals surface area contributed by atoms with Gasteiger partial charge in [-0.25, -0.2) is 0 Å². The Kier molecular flexibility index (Phi) is 5.42. The summed E-state index contributed by atoms with van der Waals surface area (Å²) in [5.74, 6) is -0.0152. The molecule has 0 fully saturated rings. The van der Waals surface area contributed by atoms with Crippen LogP contribution in [0.15, 0.2) is 106 Å². The Morgan fingerprint density at radius 3 is 2.63 bits per heavy atom. The van der Waals surface area contributed by atoms with E-state index in [9.17, 15) is 9.59 Å². The summed E-state index contributed by atoms with van der Waals surface area (Å²) in [6.07, 6.45) is 17.5. The largest absolute Gasteiger partial charge is 0.289 e. The Hall–Kier alpha value is -4.18. The Morgan fingerprint density at radius 2 is 1.77 bits per heavy atom. The van der Waals surface area contributed by atoms with Gasteiger partial charge in [0.1, 0.15) is 0 Å². The second kappa shape index (κ2) is 8.88. The molecule has 4 nitrogen and oxygen atoms in total. The van der Waals surface area contributed by atoms with Crippen molar-refractivity contribution in [2.45, 2.75) is 32.1 Å². The number of fused-ring (bicyclic) bond motifs is 6. The Balaban J connectivity index is 0.000000240. The average molecular weight is 457 g/mol. The molecule has 2 heterocycles. The van der Waals surface area contributed by atoms with Crippen LogP contribution in [0, 0.1) is 0 Å². The molecule has 2 aromatic rings. The summed E-state index contributed by atoms with van der Waals surface area (Å²) in [5.41, 5.74) is 9.62. The molecule has 0 bridgehead atoms. The third kappa shape index (κ3) is 3.81. The highest BCUT2D eigenvalue weighted by Gasteiger charge is 2.35. The minimum atomic E-state index is -0.0600. The van der Waals surface area contributed by atoms with E-state index >= 15 is 0 Å². The highest BCUT2D eigenvalue weighted by molar-refractivity contribution is 6.41. The van der Waals surface area contributed by atoms with Crippen molar-refractivity contribution in [1.29, 1.82) is 0 Å². The van der Waals surface area contributed by atoms with E-state index in [1.807, 2.05) is 48.7 Å². The van der Waals surface area contributed by atoms with Gasteiger partial charge in [-0.3, -0.25) is 19.6 Å². The van der Waals surface area contributed by atoms with Crippen LogP contribution in [0.3, 0.4) is 0 Å². The molecule has 0 N–H and O–H groups in total. The number of ketones is 2. The van der Waals surface area contributed by atoms with Crippen molar-refractivity contribution in [3.8, 4) is 0 Å². The van der Waals surface area contributed by atoms with Gasteiger partial charge >= 0.3 is 0 Å². The predicted molar refractivity (Wildman–Crippen MR) is 140 cm³/mol. The molecule has 35 heavy (non-hydrogen) atoms. The van der Waals surface area contributed by atoms with E-state index in [4.69, 9.17) is 0 Å². The fourth-order valence-corrected chi connectivity index (χ4v) is 5.37. The first kappa shape index (κ1) is 21.4. The molecule has 0 atom stereocenters. The van der Waals surface area contributed by atoms with Crippen LogP contribution in [0.4, 0.5) is 0 Å². The maximum absolute atomic E-state index is 13.6. The van der Waals surface area contributed by atoms with Crippen molar-refractivity contribution in [3.63, 3.8) is 0 Å². The van der Waals surface area contributed by atoms with Gasteiger partial charge in [-0.2, -0.15) is 0 Å². The molecule has 0 radical (unpaired) electrons. The van der Waals surface area contributed by atoms with Gasteiger partial charge in [0, 0.05) is 41.1 Å². The van der Waals surface area contributed by atoms with Gasteiger partial charge in [-0.1, -0.05) is 54.6 Å². The van der Waals surface area contributed by atoms with Crippen LogP contribution < -0.4 is 0 Å². The van der Waals surface area contributed by atoms with Crippen LogP contribution in [0.25, 0.3) is 5.57 Å². The predicted octanol–water partition coefficient (Wildman–Crippen LogP) is 5.75. The van der Waals surface area contributed by atoms with Crippen LogP contribution in [-0.2, 0) is 24.1 Å². The molecule has 0 saturated heterocycles. The second-order valence-corrected chi connectivity index (χ2v) is 9.17. The molecule has 170 valence electrons. The smallest absolute Gasteiger partial charge is 0.191 e. The standard InChI is InChI=1S/C25H20O2.C6H4N2/c26-22-12-6-11-19-20-14-13-17-9-4-5-10-18(17)24(20)25(27)21(23(19)22)15-16-7-2-1-3-8-16;1-2-8-6-4-7-3-5(1)6/h1-3,6-8,11-14H,4-5,9-10,15H2;1-4H. The van der Waals surface area contributed by atoms with Crippen molar-refractivity contribution in [1.82, 2.24) is 0 Å². The molecule has 0 spiro atoms. The highest BCUT2D eigenvalue weighted by atomic mass is 16.1. The zero-order chi connectivity index (χ0) is 23.8. The first-order valence-electron chi connectivity index (χ1n) is 12.1. The number of carbonyl (C=O) groups is 2. The van der Waals surface area contributed by atoms with Gasteiger partial charge in [0.05, 0.1) is 11.9 Å². The molecule has 2 aliphatic heterocycles. The van der Waals surface area contributed by atoms with Crippen molar-refractivity contribution in [2.75, 3.05) is 0 Å². The van der Waals surface area contributed by atoms with Gasteiger partial charge in [0.2, 0.25) is 0 Å². The zero-order valence-electron chi connectivity index (χ0n) is 19.3. The summed E-state index contributed by atoms with van der Waals surface area (Å²) in [4.78, 5) is 34.3. The van der Waals surface area contributed by atoms with Gasteiger partial charge in [-0.05, 0) is 65.7 Å². The van der Waals surface area contributed by atoms with Crippen LogP contribution in [-0.4, -0.2) is 23.5 Å². The van der Waals surface area contributed by atoms with Crippen molar-refractivity contribution < 1.29 is 9.59 Å². The number of allylic oxidation sites excluding steroid dienone is 8. The molecule has 2 aromatic carbocycles. The van der Waals surface area contributed by atoms with Gasteiger partial charge in [-0.15, -0.1) is 0 Å². The van der Waals surface area contributed by atoms with E-state index in [-0.39, 0.29) is 11.6 Å². The summed E-state index contributed by atoms with van der Waals surface area (Å²) in [6.45, 7) is 0. The summed E-state index contributed by atoms with van der Waals surface area (Å²) < 4.78 is 0. The summed E-state index contributed by atoms with van der Waals surface area (Å²) in [6, 6.07) is 14.2. The number of nitrogens with zero attached hydrogens (tertiary/aromatic N) is 2. The molecule has 0 unspecified atom stereocenters. The molecule has 0 aromatic heterocycles. The minimum Gasteiger partial charge on any atom is -0.289 e. The van der Waals surface area contributed by atoms with Gasteiger partial charge in [0.25, 0.3) is 0 Å². The van der Waals surface area contributed by atoms with E-state index in [0.717, 1.165) is 52.8 Å². The van der Waals surface area contributed by atoms with Crippen LogP contribution >= 0.6 is 0 Å². The van der Waals surface area contributed by atoms with Gasteiger partial charge in [0.15, 0.2) is 11.6 Å². The number of aryl methyl sites for hydroxylation is 1. The molecule has 0 saturated carbocycles. The Bertz CT molecular complexity index is 1450. The SMILES string of the molecule is C1=CC2=CN=CC2=N1.O=C1C=CC=C2C1=C(Cc1ccccc1)C(=O)c1c2ccc2c1CCCC2. The number of rotatable bonds is 2. The van der Waals surface area contributed by atoms with Crippen LogP contribution in [0.2, 0.25) is 0 Å². The van der Waals surface area contributed by atoms with Gasteiger partial charge < -0.3 is 0 Å². The van der Waals surface area contributed by atoms with E-state index < -0.39 is 0 Å². The lowest BCUT2D eigenvalue weighted by Gasteiger charge is -2.29. The Morgan fingerprint density at radius 1 is 0.914 bits per heavy atom. The van der Waals surface area contributed by atoms with Crippen molar-refractivity contribution in [2.24, 2.45) is 9.98 Å². The third-order valence-electron chi connectivity index (χ3n) is 7.05. The number of carbonyl (C=O) groups excluding carboxylic acids is 2. The van der Waals surface area contributed by atoms with E-state index in [1.54, 1.807) is 24.6 Å². The molecule has 3 aliphatic carbocycles. The number of hydrogen-bond donors (Lipinski definition) is 0. The van der Waals surface area contributed by atoms with E-state index in [1.165, 1.54) is 17.5 Å². The topological polar surface area (TPSA) is 58.9 Å².